The van der Waals surface area contributed by atoms with Crippen LogP contribution in [0.15, 0.2) is 145 Å². The van der Waals surface area contributed by atoms with Gasteiger partial charge >= 0.3 is 0 Å². The van der Waals surface area contributed by atoms with Gasteiger partial charge in [-0.3, -0.25) is 0 Å². The quantitative estimate of drug-likeness (QED) is 0.153. The maximum absolute atomic E-state index is 6.68. The topological polar surface area (TPSA) is 25.3 Å². The molecule has 0 saturated heterocycles. The highest BCUT2D eigenvalue weighted by Gasteiger charge is 2.59. The molecule has 7 heterocycles. The molecule has 0 bridgehead atoms. The molecule has 4 heteroatoms. The monoisotopic (exact) mass is 753 g/mol. The van der Waals surface area contributed by atoms with Crippen LogP contribution in [-0.4, -0.2) is 4.40 Å². The molecule has 0 N–H and O–H groups in total. The number of hydrogen-bond acceptors (Lipinski definition) is 1. The number of hydrogen-bond donors (Lipinski definition) is 0. The van der Waals surface area contributed by atoms with Crippen molar-refractivity contribution in [2.45, 2.75) is 71.3 Å². The van der Waals surface area contributed by atoms with Gasteiger partial charge in [0.1, 0.15) is 11.2 Å². The molecule has 10 aromatic rings. The Kier molecular flexibility index (Phi) is 6.68. The number of nitrogens with zero attached hydrogens (tertiary/aromatic N) is 3. The van der Waals surface area contributed by atoms with Crippen LogP contribution in [0.3, 0.4) is 0 Å². The Morgan fingerprint density at radius 1 is 0.690 bits per heavy atom. The fraction of sp³-hybridized carbons (Fsp3) is 0.222. The Balaban J connectivity index is 1.21. The summed E-state index contributed by atoms with van der Waals surface area (Å²) < 4.78 is 14.2. The summed E-state index contributed by atoms with van der Waals surface area (Å²) in [6.07, 6.45) is 8.35. The lowest BCUT2D eigenvalue weighted by Gasteiger charge is -2.47. The van der Waals surface area contributed by atoms with E-state index in [0.29, 0.717) is 0 Å². The smallest absolute Gasteiger partial charge is 0.218 e. The average Bonchev–Trinajstić information content (AvgIpc) is 3.87. The molecule has 2 unspecified atom stereocenters. The maximum Gasteiger partial charge on any atom is 0.218 e. The predicted molar refractivity (Wildman–Crippen MR) is 239 cm³/mol. The van der Waals surface area contributed by atoms with Gasteiger partial charge in [0, 0.05) is 69.1 Å². The summed E-state index contributed by atoms with van der Waals surface area (Å²) in [6, 6.07) is 45.4. The largest absolute Gasteiger partial charge is 0.456 e. The van der Waals surface area contributed by atoms with E-state index in [0.717, 1.165) is 42.5 Å². The first-order valence-corrected chi connectivity index (χ1v) is 20.9. The van der Waals surface area contributed by atoms with Crippen molar-refractivity contribution in [1.82, 2.24) is 4.40 Å². The molecule has 0 aliphatic carbocycles. The standard InChI is InChI=1S/C54H47N3O/c1-33-31-54(6)53(5,24-22-35-15-7-8-16-36(35)43-19-13-14-25-55(33)43)42-30-46-39(28-41(42)45-27-34(23-26-56(45)54)32-52(2,3)4)40-29-48-49(38-18-10-12-21-47(38)58-48)50-37-17-9-11-20-44(37)57(46)51(40)50/h7-21,23,25-30H,1,22,24,31-32H2,2-6H3/q+2. The summed E-state index contributed by atoms with van der Waals surface area (Å²) in [5, 5.41) is 7.44. The van der Waals surface area contributed by atoms with E-state index >= 15 is 0 Å². The van der Waals surface area contributed by atoms with Gasteiger partial charge in [-0.05, 0) is 97.3 Å². The third-order valence-corrected chi connectivity index (χ3v) is 14.2. The van der Waals surface area contributed by atoms with E-state index in [1.807, 2.05) is 0 Å². The van der Waals surface area contributed by atoms with Gasteiger partial charge in [-0.2, -0.15) is 9.13 Å². The zero-order chi connectivity index (χ0) is 39.3. The maximum atomic E-state index is 6.68. The van der Waals surface area contributed by atoms with Crippen molar-refractivity contribution in [2.24, 2.45) is 5.41 Å². The molecule has 2 aliphatic heterocycles. The highest BCUT2D eigenvalue weighted by Crippen LogP contribution is 2.54. The number of aryl methyl sites for hydroxylation is 1. The van der Waals surface area contributed by atoms with E-state index in [4.69, 9.17) is 11.0 Å². The molecule has 4 nitrogen and oxygen atoms in total. The molecule has 5 aromatic heterocycles. The fourth-order valence-corrected chi connectivity index (χ4v) is 11.4. The summed E-state index contributed by atoms with van der Waals surface area (Å²) >= 11 is 0. The molecule has 0 radical (unpaired) electrons. The van der Waals surface area contributed by atoms with Gasteiger partial charge in [-0.15, -0.1) is 0 Å². The molecule has 0 spiro atoms. The van der Waals surface area contributed by atoms with Crippen LogP contribution in [0.4, 0.5) is 0 Å². The van der Waals surface area contributed by atoms with Gasteiger partial charge in [0.2, 0.25) is 11.4 Å². The molecule has 2 atom stereocenters. The number of allylic oxidation sites excluding steroid dienone is 1. The van der Waals surface area contributed by atoms with Gasteiger partial charge in [-0.1, -0.05) is 75.4 Å². The lowest BCUT2D eigenvalue weighted by Crippen LogP contribution is -2.68. The molecule has 0 saturated carbocycles. The van der Waals surface area contributed by atoms with Crippen LogP contribution in [-0.2, 0) is 23.8 Å². The molecule has 12 rings (SSSR count). The van der Waals surface area contributed by atoms with Crippen LogP contribution < -0.4 is 9.13 Å². The molecule has 2 aliphatic rings. The lowest BCUT2D eigenvalue weighted by atomic mass is 9.59. The third kappa shape index (κ3) is 4.41. The van der Waals surface area contributed by atoms with E-state index in [9.17, 15) is 0 Å². The molecule has 0 amide bonds. The SMILES string of the molecule is C=C1CC2(C)[n+]3ccc(CC(C)(C)C)cc3-c3cc4c5cc6oc7ccccc7c6c6c7ccccc7n(c4cc3C2(C)CCc2ccccc2-c2cccc[n+]21)c56. The van der Waals surface area contributed by atoms with E-state index in [1.54, 1.807) is 0 Å². The van der Waals surface area contributed by atoms with Crippen LogP contribution >= 0.6 is 0 Å². The second-order valence-electron chi connectivity index (χ2n) is 18.9. The summed E-state index contributed by atoms with van der Waals surface area (Å²) in [5.74, 6) is 0. The number of furan rings is 1. The average molecular weight is 754 g/mol. The molecular weight excluding hydrogens is 707 g/mol. The predicted octanol–water partition coefficient (Wildman–Crippen LogP) is 12.7. The van der Waals surface area contributed by atoms with Crippen molar-refractivity contribution >= 4 is 65.7 Å². The third-order valence-electron chi connectivity index (χ3n) is 14.2. The first kappa shape index (κ1) is 33.8. The van der Waals surface area contributed by atoms with Crippen molar-refractivity contribution in [2.75, 3.05) is 0 Å². The van der Waals surface area contributed by atoms with Crippen LogP contribution in [0.25, 0.3) is 88.2 Å². The second kappa shape index (κ2) is 11.4. The summed E-state index contributed by atoms with van der Waals surface area (Å²) in [4.78, 5) is 0. The summed E-state index contributed by atoms with van der Waals surface area (Å²) in [6.45, 7) is 17.0. The van der Waals surface area contributed by atoms with Crippen molar-refractivity contribution < 1.29 is 13.6 Å². The minimum absolute atomic E-state index is 0.156. The Hall–Kier alpha value is -6.26. The van der Waals surface area contributed by atoms with Crippen molar-refractivity contribution in [3.8, 4) is 22.5 Å². The number of fused-ring (bicyclic) bond motifs is 19. The van der Waals surface area contributed by atoms with Crippen molar-refractivity contribution in [3.05, 3.63) is 157 Å². The zero-order valence-corrected chi connectivity index (χ0v) is 34.0. The molecule has 282 valence electrons. The second-order valence-corrected chi connectivity index (χ2v) is 18.9. The van der Waals surface area contributed by atoms with E-state index in [1.165, 1.54) is 88.1 Å². The van der Waals surface area contributed by atoms with Crippen LogP contribution in [0.5, 0.6) is 0 Å². The number of para-hydroxylation sites is 2. The number of benzene rings is 5. The Morgan fingerprint density at radius 3 is 2.33 bits per heavy atom. The van der Waals surface area contributed by atoms with Crippen LogP contribution in [0.1, 0.15) is 64.2 Å². The van der Waals surface area contributed by atoms with Gasteiger partial charge in [0.25, 0.3) is 0 Å². The number of aromatic nitrogens is 3. The molecular formula is C54H47N3O+2. The molecule has 58 heavy (non-hydrogen) atoms. The van der Waals surface area contributed by atoms with E-state index in [-0.39, 0.29) is 16.4 Å². The first-order chi connectivity index (χ1) is 28.0. The first-order valence-electron chi connectivity index (χ1n) is 20.9. The minimum Gasteiger partial charge on any atom is -0.456 e. The van der Waals surface area contributed by atoms with Gasteiger partial charge in [0.05, 0.1) is 33.9 Å². The number of rotatable bonds is 1. The lowest BCUT2D eigenvalue weighted by molar-refractivity contribution is -0.766. The fourth-order valence-electron chi connectivity index (χ4n) is 11.4. The van der Waals surface area contributed by atoms with Crippen molar-refractivity contribution in [3.63, 3.8) is 0 Å². The highest BCUT2D eigenvalue weighted by molar-refractivity contribution is 6.34. The zero-order valence-electron chi connectivity index (χ0n) is 34.0. The molecule has 5 aromatic carbocycles. The highest BCUT2D eigenvalue weighted by atomic mass is 16.3. The summed E-state index contributed by atoms with van der Waals surface area (Å²) in [7, 11) is 0. The Labute approximate surface area is 338 Å². The van der Waals surface area contributed by atoms with Gasteiger partial charge < -0.3 is 8.82 Å². The van der Waals surface area contributed by atoms with Gasteiger partial charge in [0.15, 0.2) is 23.6 Å². The minimum atomic E-state index is -0.342. The summed E-state index contributed by atoms with van der Waals surface area (Å²) in [5.41, 5.74) is 15.6. The van der Waals surface area contributed by atoms with E-state index in [2.05, 4.69) is 182 Å². The van der Waals surface area contributed by atoms with Crippen LogP contribution in [0, 0.1) is 5.41 Å². The Bertz CT molecular complexity index is 3390. The van der Waals surface area contributed by atoms with Crippen LogP contribution in [0.2, 0.25) is 0 Å². The Morgan fingerprint density at radius 2 is 1.47 bits per heavy atom. The van der Waals surface area contributed by atoms with Crippen molar-refractivity contribution in [1.29, 1.82) is 0 Å². The van der Waals surface area contributed by atoms with Gasteiger partial charge in [-0.25, -0.2) is 0 Å². The number of pyridine rings is 2. The molecule has 0 fully saturated rings. The normalized spacial score (nSPS) is 19.5. The van der Waals surface area contributed by atoms with E-state index < -0.39 is 0 Å².